The normalized spacial score (nSPS) is 11.5. The van der Waals surface area contributed by atoms with E-state index in [2.05, 4.69) is 15.5 Å². The SMILES string of the molecule is COc1ccc(-n2ccn3c(SCC(=O)Nc4ccccc4C(F)(F)F)nnc3c2=O)cc1. The Kier molecular flexibility index (Phi) is 6.09. The maximum Gasteiger partial charge on any atom is 0.418 e. The molecule has 170 valence electrons. The summed E-state index contributed by atoms with van der Waals surface area (Å²) in [5.41, 5.74) is -1.05. The van der Waals surface area contributed by atoms with Crippen molar-refractivity contribution in [2.45, 2.75) is 11.3 Å². The number of methoxy groups -OCH3 is 1. The molecule has 0 aliphatic carbocycles. The highest BCUT2D eigenvalue weighted by Gasteiger charge is 2.33. The van der Waals surface area contributed by atoms with E-state index in [1.54, 1.807) is 30.5 Å². The van der Waals surface area contributed by atoms with Crippen LogP contribution in [0.2, 0.25) is 0 Å². The van der Waals surface area contributed by atoms with Gasteiger partial charge in [-0.25, -0.2) is 0 Å². The maximum absolute atomic E-state index is 13.1. The lowest BCUT2D eigenvalue weighted by molar-refractivity contribution is -0.137. The van der Waals surface area contributed by atoms with Gasteiger partial charge in [0.2, 0.25) is 11.6 Å². The van der Waals surface area contributed by atoms with E-state index in [0.717, 1.165) is 17.8 Å². The Morgan fingerprint density at radius 3 is 2.52 bits per heavy atom. The van der Waals surface area contributed by atoms with Crippen molar-refractivity contribution < 1.29 is 22.7 Å². The lowest BCUT2D eigenvalue weighted by atomic mass is 10.1. The number of aromatic nitrogens is 4. The Bertz CT molecular complexity index is 1370. The van der Waals surface area contributed by atoms with Crippen LogP contribution >= 0.6 is 11.8 Å². The van der Waals surface area contributed by atoms with Gasteiger partial charge in [0.15, 0.2) is 5.16 Å². The van der Waals surface area contributed by atoms with Crippen molar-refractivity contribution in [3.8, 4) is 11.4 Å². The Morgan fingerprint density at radius 2 is 1.82 bits per heavy atom. The van der Waals surface area contributed by atoms with Gasteiger partial charge in [0.1, 0.15) is 5.75 Å². The monoisotopic (exact) mass is 475 g/mol. The van der Waals surface area contributed by atoms with E-state index in [0.29, 0.717) is 11.4 Å². The number of nitrogens with zero attached hydrogens (tertiary/aromatic N) is 4. The van der Waals surface area contributed by atoms with E-state index in [1.165, 1.54) is 40.5 Å². The van der Waals surface area contributed by atoms with E-state index < -0.39 is 23.2 Å². The summed E-state index contributed by atoms with van der Waals surface area (Å²) in [7, 11) is 1.54. The van der Waals surface area contributed by atoms with Crippen LogP contribution < -0.4 is 15.6 Å². The Balaban J connectivity index is 1.51. The number of hydrogen-bond acceptors (Lipinski definition) is 6. The Labute approximate surface area is 189 Å². The summed E-state index contributed by atoms with van der Waals surface area (Å²) in [5, 5.41) is 10.4. The highest BCUT2D eigenvalue weighted by Crippen LogP contribution is 2.34. The molecule has 0 radical (unpaired) electrons. The highest BCUT2D eigenvalue weighted by molar-refractivity contribution is 7.99. The van der Waals surface area contributed by atoms with Crippen molar-refractivity contribution in [2.24, 2.45) is 0 Å². The molecular weight excluding hydrogens is 459 g/mol. The lowest BCUT2D eigenvalue weighted by Crippen LogP contribution is -2.20. The maximum atomic E-state index is 13.1. The molecule has 33 heavy (non-hydrogen) atoms. The number of fused-ring (bicyclic) bond motifs is 1. The zero-order chi connectivity index (χ0) is 23.6. The molecule has 8 nitrogen and oxygen atoms in total. The molecule has 0 atom stereocenters. The van der Waals surface area contributed by atoms with Gasteiger partial charge in [0, 0.05) is 18.1 Å². The van der Waals surface area contributed by atoms with Gasteiger partial charge >= 0.3 is 11.7 Å². The topological polar surface area (TPSA) is 90.5 Å². The molecule has 12 heteroatoms. The predicted molar refractivity (Wildman–Crippen MR) is 116 cm³/mol. The van der Waals surface area contributed by atoms with E-state index in [4.69, 9.17) is 4.74 Å². The van der Waals surface area contributed by atoms with Crippen molar-refractivity contribution >= 4 is 29.0 Å². The second-order valence-corrected chi connectivity index (χ2v) is 7.67. The zero-order valence-electron chi connectivity index (χ0n) is 17.0. The fourth-order valence-electron chi connectivity index (χ4n) is 3.07. The quantitative estimate of drug-likeness (QED) is 0.429. The summed E-state index contributed by atoms with van der Waals surface area (Å²) in [6, 6.07) is 11.6. The number of ether oxygens (including phenoxy) is 1. The van der Waals surface area contributed by atoms with Gasteiger partial charge in [-0.1, -0.05) is 23.9 Å². The van der Waals surface area contributed by atoms with Crippen LogP contribution in [0.25, 0.3) is 11.3 Å². The number of carbonyl (C=O) groups excluding carboxylic acids is 1. The summed E-state index contributed by atoms with van der Waals surface area (Å²) in [5.74, 6) is -0.237. The van der Waals surface area contributed by atoms with Crippen molar-refractivity contribution in [1.29, 1.82) is 0 Å². The summed E-state index contributed by atoms with van der Waals surface area (Å²) in [6.07, 6.45) is -1.49. The third-order valence-electron chi connectivity index (χ3n) is 4.63. The minimum atomic E-state index is -4.59. The number of nitrogens with one attached hydrogen (secondary N) is 1. The van der Waals surface area contributed by atoms with Gasteiger partial charge in [0.05, 0.1) is 24.1 Å². The average Bonchev–Trinajstić information content (AvgIpc) is 3.22. The van der Waals surface area contributed by atoms with Crippen LogP contribution in [0, 0.1) is 0 Å². The van der Waals surface area contributed by atoms with E-state index in [1.807, 2.05) is 0 Å². The second-order valence-electron chi connectivity index (χ2n) is 6.73. The van der Waals surface area contributed by atoms with Crippen LogP contribution in [0.3, 0.4) is 0 Å². The first kappa shape index (κ1) is 22.4. The molecule has 0 saturated carbocycles. The first-order chi connectivity index (χ1) is 15.8. The fraction of sp³-hybridized carbons (Fsp3) is 0.143. The largest absolute Gasteiger partial charge is 0.497 e. The molecule has 0 bridgehead atoms. The number of anilines is 1. The smallest absolute Gasteiger partial charge is 0.418 e. The summed E-state index contributed by atoms with van der Waals surface area (Å²) in [4.78, 5) is 25.1. The van der Waals surface area contributed by atoms with Crippen molar-refractivity contribution in [3.63, 3.8) is 0 Å². The Hall–Kier alpha value is -3.80. The number of benzene rings is 2. The van der Waals surface area contributed by atoms with Crippen LogP contribution in [-0.2, 0) is 11.0 Å². The van der Waals surface area contributed by atoms with Crippen LogP contribution in [0.5, 0.6) is 5.75 Å². The summed E-state index contributed by atoms with van der Waals surface area (Å²) in [6.45, 7) is 0. The number of rotatable bonds is 6. The third kappa shape index (κ3) is 4.70. The van der Waals surface area contributed by atoms with Gasteiger partial charge in [-0.15, -0.1) is 10.2 Å². The number of amides is 1. The predicted octanol–water partition coefficient (Wildman–Crippen LogP) is 3.64. The van der Waals surface area contributed by atoms with Crippen LogP contribution in [-0.4, -0.2) is 37.9 Å². The van der Waals surface area contributed by atoms with Gasteiger partial charge in [-0.2, -0.15) is 13.2 Å². The molecule has 0 saturated heterocycles. The molecule has 0 fully saturated rings. The molecule has 0 spiro atoms. The molecule has 0 aliphatic rings. The number of para-hydroxylation sites is 1. The zero-order valence-corrected chi connectivity index (χ0v) is 17.9. The average molecular weight is 475 g/mol. The molecule has 2 heterocycles. The molecule has 1 amide bonds. The van der Waals surface area contributed by atoms with Gasteiger partial charge < -0.3 is 10.1 Å². The van der Waals surface area contributed by atoms with Gasteiger partial charge in [0.25, 0.3) is 0 Å². The van der Waals surface area contributed by atoms with Crippen molar-refractivity contribution in [3.05, 3.63) is 76.8 Å². The van der Waals surface area contributed by atoms with Crippen molar-refractivity contribution in [1.82, 2.24) is 19.2 Å². The van der Waals surface area contributed by atoms with E-state index in [-0.39, 0.29) is 22.2 Å². The first-order valence-electron chi connectivity index (χ1n) is 9.47. The molecule has 0 aliphatic heterocycles. The number of thioether (sulfide) groups is 1. The number of carbonyl (C=O) groups is 1. The van der Waals surface area contributed by atoms with Crippen LogP contribution in [0.4, 0.5) is 18.9 Å². The van der Waals surface area contributed by atoms with Crippen LogP contribution in [0.1, 0.15) is 5.56 Å². The van der Waals surface area contributed by atoms with E-state index in [9.17, 15) is 22.8 Å². The first-order valence-corrected chi connectivity index (χ1v) is 10.5. The molecular formula is C21H16F3N5O3S. The van der Waals surface area contributed by atoms with Gasteiger partial charge in [-0.3, -0.25) is 18.6 Å². The fourth-order valence-corrected chi connectivity index (χ4v) is 3.78. The standard InChI is InChI=1S/C21H16F3N5O3S/c1-32-14-8-6-13(7-9-14)28-10-11-29-18(19(28)31)26-27-20(29)33-12-17(30)25-16-5-3-2-4-15(16)21(22,23)24/h2-11H,12H2,1H3,(H,25,30). The highest BCUT2D eigenvalue weighted by atomic mass is 32.2. The third-order valence-corrected chi connectivity index (χ3v) is 5.57. The van der Waals surface area contributed by atoms with Crippen molar-refractivity contribution in [2.75, 3.05) is 18.2 Å². The Morgan fingerprint density at radius 1 is 1.09 bits per heavy atom. The number of halogens is 3. The minimum Gasteiger partial charge on any atom is -0.497 e. The lowest BCUT2D eigenvalue weighted by Gasteiger charge is -2.13. The van der Waals surface area contributed by atoms with E-state index >= 15 is 0 Å². The molecule has 4 aromatic rings. The molecule has 1 N–H and O–H groups in total. The molecule has 2 aromatic carbocycles. The summed E-state index contributed by atoms with van der Waals surface area (Å²) < 4.78 is 47.2. The molecule has 0 unspecified atom stereocenters. The second kappa shape index (κ2) is 8.98. The molecule has 4 rings (SSSR count). The number of hydrogen-bond donors (Lipinski definition) is 1. The van der Waals surface area contributed by atoms with Crippen LogP contribution in [0.15, 0.2) is 70.9 Å². The molecule has 2 aromatic heterocycles. The minimum absolute atomic E-state index is 0.0404. The number of alkyl halides is 3. The summed E-state index contributed by atoms with van der Waals surface area (Å²) >= 11 is 0.944. The van der Waals surface area contributed by atoms with Gasteiger partial charge in [-0.05, 0) is 36.4 Å².